The van der Waals surface area contributed by atoms with Gasteiger partial charge in [0, 0.05) is 32.8 Å². The number of imidazole rings is 1. The van der Waals surface area contributed by atoms with Crippen LogP contribution in [0, 0.1) is 13.5 Å². The minimum absolute atomic E-state index is 0.317. The van der Waals surface area contributed by atoms with Crippen LogP contribution in [0.2, 0.25) is 0 Å². The fourth-order valence-corrected chi connectivity index (χ4v) is 3.70. The summed E-state index contributed by atoms with van der Waals surface area (Å²) in [5.41, 5.74) is 2.82. The third-order valence-electron chi connectivity index (χ3n) is 5.48. The van der Waals surface area contributed by atoms with Crippen molar-refractivity contribution in [3.63, 3.8) is 0 Å². The van der Waals surface area contributed by atoms with Crippen molar-refractivity contribution < 1.29 is 9.47 Å². The maximum atomic E-state index is 7.12. The number of rotatable bonds is 5. The summed E-state index contributed by atoms with van der Waals surface area (Å²) in [7, 11) is 1.87. The Morgan fingerprint density at radius 3 is 2.85 bits per heavy atom. The second kappa shape index (κ2) is 9.29. The number of anilines is 3. The number of pyridine rings is 2. The van der Waals surface area contributed by atoms with Crippen LogP contribution in [0.1, 0.15) is 12.0 Å². The van der Waals surface area contributed by atoms with Crippen LogP contribution in [0.15, 0.2) is 36.8 Å². The molecule has 0 atom stereocenters. The SMILES string of the molecule is [C-]#[N+]c1cc(C)c(Oc2cc(Nc3ccc(N4CCCOCC4)nn3)c3ncn(C)c3n2)cn1. The molecule has 1 saturated heterocycles. The van der Waals surface area contributed by atoms with Gasteiger partial charge in [-0.25, -0.2) is 4.98 Å². The molecule has 11 heteroatoms. The summed E-state index contributed by atoms with van der Waals surface area (Å²) in [5.74, 6) is 2.62. The quantitative estimate of drug-likeness (QED) is 0.448. The van der Waals surface area contributed by atoms with Crippen molar-refractivity contribution in [2.24, 2.45) is 7.05 Å². The zero-order valence-electron chi connectivity index (χ0n) is 18.9. The molecule has 5 rings (SSSR count). The standard InChI is InChI=1S/C23H23N9O2/c1-15-11-19(24-2)25-13-17(15)34-21-12-16(22-23(28-21)31(3)14-26-22)27-18-5-6-20(30-29-18)32-7-4-9-33-10-8-32/h5-6,11-14H,4,7-10H2,1,3H3,(H,27,28,29). The molecule has 1 fully saturated rings. The first-order chi connectivity index (χ1) is 16.6. The van der Waals surface area contributed by atoms with Crippen molar-refractivity contribution in [3.05, 3.63) is 53.8 Å². The highest BCUT2D eigenvalue weighted by molar-refractivity contribution is 5.88. The largest absolute Gasteiger partial charge is 0.435 e. The first-order valence-electron chi connectivity index (χ1n) is 10.9. The lowest BCUT2D eigenvalue weighted by molar-refractivity contribution is 0.152. The van der Waals surface area contributed by atoms with Gasteiger partial charge in [-0.3, -0.25) is 0 Å². The molecule has 0 aliphatic carbocycles. The van der Waals surface area contributed by atoms with Crippen molar-refractivity contribution in [1.29, 1.82) is 0 Å². The van der Waals surface area contributed by atoms with Gasteiger partial charge in [0.05, 0.1) is 18.6 Å². The van der Waals surface area contributed by atoms with Crippen LogP contribution in [-0.4, -0.2) is 56.0 Å². The summed E-state index contributed by atoms with van der Waals surface area (Å²) in [4.78, 5) is 18.7. The van der Waals surface area contributed by atoms with E-state index in [1.165, 1.54) is 6.20 Å². The highest BCUT2D eigenvalue weighted by Crippen LogP contribution is 2.31. The summed E-state index contributed by atoms with van der Waals surface area (Å²) >= 11 is 0. The summed E-state index contributed by atoms with van der Waals surface area (Å²) in [6.45, 7) is 12.1. The maximum absolute atomic E-state index is 7.12. The highest BCUT2D eigenvalue weighted by Gasteiger charge is 2.16. The fraction of sp³-hybridized carbons (Fsp3) is 0.304. The number of ether oxygens (including phenoxy) is 2. The molecule has 4 aromatic rings. The summed E-state index contributed by atoms with van der Waals surface area (Å²) in [6, 6.07) is 7.28. The lowest BCUT2D eigenvalue weighted by Crippen LogP contribution is -2.27. The third kappa shape index (κ3) is 4.44. The fourth-order valence-electron chi connectivity index (χ4n) is 3.70. The Kier molecular flexibility index (Phi) is 5.88. The predicted molar refractivity (Wildman–Crippen MR) is 127 cm³/mol. The molecule has 1 aliphatic heterocycles. The number of aromatic nitrogens is 6. The van der Waals surface area contributed by atoms with E-state index in [1.807, 2.05) is 30.7 Å². The Bertz CT molecular complexity index is 1350. The van der Waals surface area contributed by atoms with Gasteiger partial charge in [0.15, 0.2) is 29.2 Å². The van der Waals surface area contributed by atoms with E-state index in [4.69, 9.17) is 16.0 Å². The third-order valence-corrected chi connectivity index (χ3v) is 5.48. The van der Waals surface area contributed by atoms with Crippen LogP contribution in [0.25, 0.3) is 16.0 Å². The van der Waals surface area contributed by atoms with Gasteiger partial charge in [0.2, 0.25) is 5.88 Å². The molecule has 0 amide bonds. The Labute approximate surface area is 196 Å². The Hall–Kier alpha value is -4.30. The number of aryl methyl sites for hydroxylation is 2. The topological polar surface area (TPSA) is 107 Å². The van der Waals surface area contributed by atoms with E-state index in [-0.39, 0.29) is 0 Å². The number of nitrogens with zero attached hydrogens (tertiary/aromatic N) is 8. The minimum atomic E-state index is 0.317. The van der Waals surface area contributed by atoms with Crippen molar-refractivity contribution >= 4 is 34.3 Å². The lowest BCUT2D eigenvalue weighted by Gasteiger charge is -2.20. The molecule has 172 valence electrons. The Morgan fingerprint density at radius 2 is 2.06 bits per heavy atom. The van der Waals surface area contributed by atoms with Crippen molar-refractivity contribution in [3.8, 4) is 11.6 Å². The second-order valence-electron chi connectivity index (χ2n) is 7.91. The van der Waals surface area contributed by atoms with E-state index in [0.717, 1.165) is 37.5 Å². The smallest absolute Gasteiger partial charge is 0.269 e. The van der Waals surface area contributed by atoms with Crippen molar-refractivity contribution in [2.45, 2.75) is 13.3 Å². The average Bonchev–Trinajstić information content (AvgIpc) is 3.05. The maximum Gasteiger partial charge on any atom is 0.269 e. The van der Waals surface area contributed by atoms with Gasteiger partial charge in [-0.05, 0) is 37.1 Å². The lowest BCUT2D eigenvalue weighted by atomic mass is 10.2. The van der Waals surface area contributed by atoms with E-state index in [1.54, 1.807) is 18.5 Å². The first kappa shape index (κ1) is 21.5. The van der Waals surface area contributed by atoms with Crippen LogP contribution in [0.3, 0.4) is 0 Å². The van der Waals surface area contributed by atoms with Crippen LogP contribution >= 0.6 is 0 Å². The monoisotopic (exact) mass is 457 g/mol. The molecule has 11 nitrogen and oxygen atoms in total. The molecule has 0 bridgehead atoms. The molecule has 1 aliphatic rings. The predicted octanol–water partition coefficient (Wildman–Crippen LogP) is 3.78. The number of hydrogen-bond donors (Lipinski definition) is 1. The molecule has 5 heterocycles. The average molecular weight is 457 g/mol. The van der Waals surface area contributed by atoms with Crippen LogP contribution in [0.5, 0.6) is 11.6 Å². The molecule has 4 aromatic heterocycles. The first-order valence-corrected chi connectivity index (χ1v) is 10.9. The number of nitrogens with one attached hydrogen (secondary N) is 1. The normalized spacial score (nSPS) is 14.0. The molecule has 0 saturated carbocycles. The number of hydrogen-bond acceptors (Lipinski definition) is 9. The van der Waals surface area contributed by atoms with E-state index in [9.17, 15) is 0 Å². The van der Waals surface area contributed by atoms with Gasteiger partial charge >= 0.3 is 0 Å². The zero-order chi connectivity index (χ0) is 23.5. The number of fused-ring (bicyclic) bond motifs is 1. The minimum Gasteiger partial charge on any atom is -0.435 e. The van der Waals surface area contributed by atoms with Gasteiger partial charge in [0.25, 0.3) is 5.82 Å². The zero-order valence-corrected chi connectivity index (χ0v) is 18.9. The van der Waals surface area contributed by atoms with Gasteiger partial charge < -0.3 is 29.1 Å². The molecule has 0 unspecified atom stereocenters. The molecule has 0 spiro atoms. The Balaban J connectivity index is 1.42. The van der Waals surface area contributed by atoms with Gasteiger partial charge in [-0.15, -0.1) is 15.2 Å². The second-order valence-corrected chi connectivity index (χ2v) is 7.91. The van der Waals surface area contributed by atoms with E-state index in [2.05, 4.69) is 40.2 Å². The van der Waals surface area contributed by atoms with Crippen molar-refractivity contribution in [1.82, 2.24) is 29.7 Å². The molecular weight excluding hydrogens is 434 g/mol. The molecule has 0 radical (unpaired) electrons. The molecule has 0 aromatic carbocycles. The van der Waals surface area contributed by atoms with Crippen LogP contribution < -0.4 is 15.0 Å². The van der Waals surface area contributed by atoms with E-state index < -0.39 is 0 Å². The molecule has 34 heavy (non-hydrogen) atoms. The molecular formula is C23H23N9O2. The summed E-state index contributed by atoms with van der Waals surface area (Å²) < 4.78 is 13.4. The van der Waals surface area contributed by atoms with Gasteiger partial charge in [-0.1, -0.05) is 6.57 Å². The van der Waals surface area contributed by atoms with E-state index >= 15 is 0 Å². The van der Waals surface area contributed by atoms with Crippen LogP contribution in [-0.2, 0) is 11.8 Å². The van der Waals surface area contributed by atoms with Gasteiger partial charge in [0.1, 0.15) is 5.52 Å². The summed E-state index contributed by atoms with van der Waals surface area (Å²) in [6.07, 6.45) is 4.19. The van der Waals surface area contributed by atoms with Crippen molar-refractivity contribution in [2.75, 3.05) is 36.5 Å². The van der Waals surface area contributed by atoms with Crippen LogP contribution in [0.4, 0.5) is 23.1 Å². The van der Waals surface area contributed by atoms with Gasteiger partial charge in [-0.2, -0.15) is 4.98 Å². The molecule has 1 N–H and O–H groups in total. The van der Waals surface area contributed by atoms with E-state index in [0.29, 0.717) is 46.7 Å². The summed E-state index contributed by atoms with van der Waals surface area (Å²) in [5, 5.41) is 12.1. The highest BCUT2D eigenvalue weighted by atomic mass is 16.5. The Morgan fingerprint density at radius 1 is 1.15 bits per heavy atom.